The number of amides is 1. The number of benzene rings is 1. The molecule has 148 valence electrons. The minimum absolute atomic E-state index is 0.187. The molecule has 1 amide bonds. The van der Waals surface area contributed by atoms with Crippen molar-refractivity contribution in [3.05, 3.63) is 35.2 Å². The molecule has 0 bridgehead atoms. The Labute approximate surface area is 161 Å². The standard InChI is InChI=1S/C19H21N3O6/c1-10-16(11(2)22(4)21-10)17(23)19(25)28-12(3)18(24)20-13-5-6-14-15(9-13)27-8-7-26-14/h5-6,9,12H,7-8H2,1-4H3,(H,20,24). The normalized spacial score (nSPS) is 13.6. The average molecular weight is 387 g/mol. The fourth-order valence-corrected chi connectivity index (χ4v) is 2.84. The van der Waals surface area contributed by atoms with E-state index in [0.29, 0.717) is 41.8 Å². The molecule has 0 saturated heterocycles. The Bertz CT molecular complexity index is 949. The third-order valence-corrected chi connectivity index (χ3v) is 4.38. The first-order chi connectivity index (χ1) is 13.3. The summed E-state index contributed by atoms with van der Waals surface area (Å²) in [5.41, 5.74) is 1.62. The van der Waals surface area contributed by atoms with Gasteiger partial charge >= 0.3 is 5.97 Å². The molecule has 1 unspecified atom stereocenters. The number of aryl methyl sites for hydroxylation is 2. The molecule has 1 aliphatic heterocycles. The fraction of sp³-hybridized carbons (Fsp3) is 0.368. The van der Waals surface area contributed by atoms with Gasteiger partial charge in [0.15, 0.2) is 17.6 Å². The maximum absolute atomic E-state index is 12.4. The first kappa shape index (κ1) is 19.4. The van der Waals surface area contributed by atoms with Crippen LogP contribution in [0.2, 0.25) is 0 Å². The molecule has 9 heteroatoms. The van der Waals surface area contributed by atoms with E-state index in [-0.39, 0.29) is 5.56 Å². The van der Waals surface area contributed by atoms with Crippen LogP contribution >= 0.6 is 0 Å². The quantitative estimate of drug-likeness (QED) is 0.471. The molecule has 1 aromatic heterocycles. The summed E-state index contributed by atoms with van der Waals surface area (Å²) < 4.78 is 17.4. The van der Waals surface area contributed by atoms with Crippen LogP contribution in [0.4, 0.5) is 5.69 Å². The molecule has 9 nitrogen and oxygen atoms in total. The highest BCUT2D eigenvalue weighted by Gasteiger charge is 2.28. The van der Waals surface area contributed by atoms with E-state index in [0.717, 1.165) is 0 Å². The number of Topliss-reactive ketones (excluding diaryl/α,β-unsaturated/α-hetero) is 1. The van der Waals surface area contributed by atoms with Gasteiger partial charge in [-0.25, -0.2) is 4.79 Å². The number of rotatable bonds is 5. The van der Waals surface area contributed by atoms with Crippen LogP contribution in [-0.2, 0) is 21.4 Å². The van der Waals surface area contributed by atoms with Gasteiger partial charge in [0.2, 0.25) is 0 Å². The monoisotopic (exact) mass is 387 g/mol. The summed E-state index contributed by atoms with van der Waals surface area (Å²) in [6.07, 6.45) is -1.16. The number of nitrogens with zero attached hydrogens (tertiary/aromatic N) is 2. The highest BCUT2D eigenvalue weighted by Crippen LogP contribution is 2.32. The lowest BCUT2D eigenvalue weighted by Crippen LogP contribution is -2.32. The van der Waals surface area contributed by atoms with Gasteiger partial charge in [-0.3, -0.25) is 14.3 Å². The predicted molar refractivity (Wildman–Crippen MR) is 98.6 cm³/mol. The van der Waals surface area contributed by atoms with Crippen molar-refractivity contribution in [2.75, 3.05) is 18.5 Å². The van der Waals surface area contributed by atoms with Gasteiger partial charge in [0.05, 0.1) is 11.3 Å². The van der Waals surface area contributed by atoms with Crippen molar-refractivity contribution in [1.82, 2.24) is 9.78 Å². The Morgan fingerprint density at radius 3 is 2.50 bits per heavy atom. The van der Waals surface area contributed by atoms with Gasteiger partial charge in [-0.1, -0.05) is 0 Å². The number of aromatic nitrogens is 2. The molecule has 2 heterocycles. The van der Waals surface area contributed by atoms with E-state index in [2.05, 4.69) is 10.4 Å². The summed E-state index contributed by atoms with van der Waals surface area (Å²) >= 11 is 0. The van der Waals surface area contributed by atoms with Crippen LogP contribution in [0.3, 0.4) is 0 Å². The van der Waals surface area contributed by atoms with E-state index < -0.39 is 23.8 Å². The molecule has 0 fully saturated rings. The second-order valence-electron chi connectivity index (χ2n) is 6.39. The van der Waals surface area contributed by atoms with Gasteiger partial charge in [0.25, 0.3) is 11.7 Å². The highest BCUT2D eigenvalue weighted by molar-refractivity contribution is 6.41. The number of esters is 1. The first-order valence-electron chi connectivity index (χ1n) is 8.74. The number of ether oxygens (including phenoxy) is 3. The molecule has 0 radical (unpaired) electrons. The molecule has 28 heavy (non-hydrogen) atoms. The zero-order chi connectivity index (χ0) is 20.4. The van der Waals surface area contributed by atoms with E-state index in [1.807, 2.05) is 0 Å². The molecule has 1 aromatic carbocycles. The lowest BCUT2D eigenvalue weighted by molar-refractivity contribution is -0.148. The Kier molecular flexibility index (Phi) is 5.34. The second kappa shape index (κ2) is 7.71. The molecule has 1 atom stereocenters. The topological polar surface area (TPSA) is 109 Å². The van der Waals surface area contributed by atoms with Crippen LogP contribution < -0.4 is 14.8 Å². The van der Waals surface area contributed by atoms with Crippen molar-refractivity contribution >= 4 is 23.3 Å². The maximum atomic E-state index is 12.4. The summed E-state index contributed by atoms with van der Waals surface area (Å²) in [5.74, 6) is -1.40. The Hall–Kier alpha value is -3.36. The van der Waals surface area contributed by atoms with Crippen LogP contribution in [0.25, 0.3) is 0 Å². The summed E-state index contributed by atoms with van der Waals surface area (Å²) in [4.78, 5) is 36.9. The van der Waals surface area contributed by atoms with Gasteiger partial charge in [-0.2, -0.15) is 5.10 Å². The Morgan fingerprint density at radius 2 is 1.86 bits per heavy atom. The fourth-order valence-electron chi connectivity index (χ4n) is 2.84. The van der Waals surface area contributed by atoms with Crippen LogP contribution in [0, 0.1) is 13.8 Å². The van der Waals surface area contributed by atoms with Crippen molar-refractivity contribution in [2.24, 2.45) is 7.05 Å². The molecule has 0 aliphatic carbocycles. The molecule has 1 N–H and O–H groups in total. The number of carbonyl (C=O) groups is 3. The molecular weight excluding hydrogens is 366 g/mol. The molecule has 2 aromatic rings. The summed E-state index contributed by atoms with van der Waals surface area (Å²) in [5, 5.41) is 6.73. The zero-order valence-electron chi connectivity index (χ0n) is 16.1. The average Bonchev–Trinajstić information content (AvgIpc) is 2.92. The van der Waals surface area contributed by atoms with Gasteiger partial charge < -0.3 is 19.5 Å². The van der Waals surface area contributed by atoms with E-state index in [1.165, 1.54) is 11.6 Å². The minimum atomic E-state index is -1.16. The van der Waals surface area contributed by atoms with Gasteiger partial charge in [-0.15, -0.1) is 0 Å². The molecule has 0 saturated carbocycles. The van der Waals surface area contributed by atoms with Crippen LogP contribution in [0.5, 0.6) is 11.5 Å². The summed E-state index contributed by atoms with van der Waals surface area (Å²) in [6, 6.07) is 4.94. The number of fused-ring (bicyclic) bond motifs is 1. The minimum Gasteiger partial charge on any atom is -0.486 e. The number of carbonyl (C=O) groups excluding carboxylic acids is 3. The maximum Gasteiger partial charge on any atom is 0.380 e. The van der Waals surface area contributed by atoms with E-state index in [4.69, 9.17) is 14.2 Å². The first-order valence-corrected chi connectivity index (χ1v) is 8.74. The predicted octanol–water partition coefficient (Wildman–Crippen LogP) is 1.56. The van der Waals surface area contributed by atoms with Crippen LogP contribution in [0.1, 0.15) is 28.7 Å². The summed E-state index contributed by atoms with van der Waals surface area (Å²) in [6.45, 7) is 5.59. The van der Waals surface area contributed by atoms with E-state index in [9.17, 15) is 14.4 Å². The largest absolute Gasteiger partial charge is 0.486 e. The summed E-state index contributed by atoms with van der Waals surface area (Å²) in [7, 11) is 1.67. The SMILES string of the molecule is Cc1nn(C)c(C)c1C(=O)C(=O)OC(C)C(=O)Nc1ccc2c(c1)OCCO2. The Morgan fingerprint density at radius 1 is 1.18 bits per heavy atom. The lowest BCUT2D eigenvalue weighted by atomic mass is 10.1. The molecule has 0 spiro atoms. The van der Waals surface area contributed by atoms with Crippen molar-refractivity contribution in [3.63, 3.8) is 0 Å². The second-order valence-corrected chi connectivity index (χ2v) is 6.39. The molecular formula is C19H21N3O6. The third-order valence-electron chi connectivity index (χ3n) is 4.38. The van der Waals surface area contributed by atoms with E-state index >= 15 is 0 Å². The number of hydrogen-bond acceptors (Lipinski definition) is 7. The van der Waals surface area contributed by atoms with Crippen LogP contribution in [-0.4, -0.2) is 46.8 Å². The van der Waals surface area contributed by atoms with Gasteiger partial charge in [-0.05, 0) is 32.9 Å². The van der Waals surface area contributed by atoms with E-state index in [1.54, 1.807) is 39.1 Å². The number of ketones is 1. The van der Waals surface area contributed by atoms with Crippen molar-refractivity contribution in [1.29, 1.82) is 0 Å². The van der Waals surface area contributed by atoms with Crippen molar-refractivity contribution < 1.29 is 28.6 Å². The molecule has 1 aliphatic rings. The highest BCUT2D eigenvalue weighted by atomic mass is 16.6. The van der Waals surface area contributed by atoms with Gasteiger partial charge in [0.1, 0.15) is 13.2 Å². The van der Waals surface area contributed by atoms with Crippen molar-refractivity contribution in [2.45, 2.75) is 26.9 Å². The van der Waals surface area contributed by atoms with Crippen molar-refractivity contribution in [3.8, 4) is 11.5 Å². The Balaban J connectivity index is 1.63. The third kappa shape index (κ3) is 3.83. The number of hydrogen-bond donors (Lipinski definition) is 1. The smallest absolute Gasteiger partial charge is 0.380 e. The number of anilines is 1. The van der Waals surface area contributed by atoms with Crippen LogP contribution in [0.15, 0.2) is 18.2 Å². The molecule has 3 rings (SSSR count). The zero-order valence-corrected chi connectivity index (χ0v) is 16.1. The lowest BCUT2D eigenvalue weighted by Gasteiger charge is -2.19. The number of nitrogens with one attached hydrogen (secondary N) is 1. The van der Waals surface area contributed by atoms with Gasteiger partial charge in [0, 0.05) is 24.5 Å².